The van der Waals surface area contributed by atoms with Crippen molar-refractivity contribution in [2.45, 2.75) is 59.1 Å². The van der Waals surface area contributed by atoms with E-state index in [0.717, 1.165) is 25.8 Å². The fraction of sp³-hybridized carbons (Fsp3) is 0.938. The molecule has 2 rings (SSSR count). The SMILES string of the molecule is CC(O)C1CCN(C(=O)C2CCC(N)C(C)C2(C)C)C1. The van der Waals surface area contributed by atoms with Crippen LogP contribution in [0.15, 0.2) is 0 Å². The molecule has 0 aromatic heterocycles. The Morgan fingerprint density at radius 3 is 2.55 bits per heavy atom. The highest BCUT2D eigenvalue weighted by Crippen LogP contribution is 2.45. The third-order valence-corrected chi connectivity index (χ3v) is 6.02. The largest absolute Gasteiger partial charge is 0.393 e. The first-order valence-corrected chi connectivity index (χ1v) is 7.97. The standard InChI is InChI=1S/C16H30N2O2/c1-10-14(17)6-5-13(16(10,3)4)15(20)18-8-7-12(9-18)11(2)19/h10-14,19H,5-9,17H2,1-4H3. The molecule has 116 valence electrons. The van der Waals surface area contributed by atoms with Gasteiger partial charge < -0.3 is 15.7 Å². The van der Waals surface area contributed by atoms with Gasteiger partial charge in [0, 0.05) is 31.0 Å². The summed E-state index contributed by atoms with van der Waals surface area (Å²) in [5, 5.41) is 9.69. The second-order valence-electron chi connectivity index (χ2n) is 7.48. The molecule has 1 aliphatic carbocycles. The normalized spacial score (nSPS) is 38.8. The summed E-state index contributed by atoms with van der Waals surface area (Å²) >= 11 is 0. The molecule has 1 saturated heterocycles. The minimum Gasteiger partial charge on any atom is -0.393 e. The van der Waals surface area contributed by atoms with E-state index in [9.17, 15) is 9.90 Å². The minimum atomic E-state index is -0.320. The van der Waals surface area contributed by atoms with Gasteiger partial charge in [-0.3, -0.25) is 4.79 Å². The molecule has 2 fully saturated rings. The monoisotopic (exact) mass is 282 g/mol. The summed E-state index contributed by atoms with van der Waals surface area (Å²) in [6, 6.07) is 0.206. The Balaban J connectivity index is 2.06. The number of likely N-dealkylation sites (tertiary alicyclic amines) is 1. The Labute approximate surface area is 122 Å². The molecule has 20 heavy (non-hydrogen) atoms. The van der Waals surface area contributed by atoms with Gasteiger partial charge in [0.2, 0.25) is 5.91 Å². The molecule has 0 radical (unpaired) electrons. The number of amides is 1. The maximum absolute atomic E-state index is 12.8. The molecule has 2 aliphatic rings. The van der Waals surface area contributed by atoms with Gasteiger partial charge in [-0.1, -0.05) is 20.8 Å². The lowest BCUT2D eigenvalue weighted by Crippen LogP contribution is -2.52. The van der Waals surface area contributed by atoms with E-state index < -0.39 is 0 Å². The molecule has 1 aliphatic heterocycles. The maximum atomic E-state index is 12.8. The zero-order valence-corrected chi connectivity index (χ0v) is 13.3. The first-order valence-electron chi connectivity index (χ1n) is 7.97. The highest BCUT2D eigenvalue weighted by Gasteiger charge is 2.47. The van der Waals surface area contributed by atoms with E-state index in [1.165, 1.54) is 0 Å². The first-order chi connectivity index (χ1) is 9.25. The molecule has 0 spiro atoms. The second kappa shape index (κ2) is 5.64. The van der Waals surface area contributed by atoms with Crippen LogP contribution in [0.3, 0.4) is 0 Å². The van der Waals surface area contributed by atoms with Gasteiger partial charge in [-0.15, -0.1) is 0 Å². The molecule has 1 heterocycles. The topological polar surface area (TPSA) is 66.6 Å². The summed E-state index contributed by atoms with van der Waals surface area (Å²) in [5.74, 6) is 0.952. The molecule has 4 nitrogen and oxygen atoms in total. The Bertz CT molecular complexity index is 367. The molecule has 5 unspecified atom stereocenters. The van der Waals surface area contributed by atoms with Crippen LogP contribution < -0.4 is 5.73 Å². The van der Waals surface area contributed by atoms with Crippen LogP contribution >= 0.6 is 0 Å². The minimum absolute atomic E-state index is 0.0440. The maximum Gasteiger partial charge on any atom is 0.226 e. The predicted molar refractivity (Wildman–Crippen MR) is 80.0 cm³/mol. The zero-order chi connectivity index (χ0) is 15.1. The number of hydrogen-bond acceptors (Lipinski definition) is 3. The van der Waals surface area contributed by atoms with E-state index in [4.69, 9.17) is 5.73 Å². The highest BCUT2D eigenvalue weighted by atomic mass is 16.3. The first kappa shape index (κ1) is 15.8. The average molecular weight is 282 g/mol. The van der Waals surface area contributed by atoms with E-state index >= 15 is 0 Å². The zero-order valence-electron chi connectivity index (χ0n) is 13.3. The van der Waals surface area contributed by atoms with Gasteiger partial charge in [-0.2, -0.15) is 0 Å². The van der Waals surface area contributed by atoms with Crippen LogP contribution in [0.2, 0.25) is 0 Å². The van der Waals surface area contributed by atoms with Gasteiger partial charge in [0.15, 0.2) is 0 Å². The Hall–Kier alpha value is -0.610. The average Bonchev–Trinajstić information content (AvgIpc) is 2.85. The van der Waals surface area contributed by atoms with Crippen molar-refractivity contribution in [2.75, 3.05) is 13.1 Å². The molecule has 0 bridgehead atoms. The number of hydrogen-bond donors (Lipinski definition) is 2. The molecule has 3 N–H and O–H groups in total. The Kier molecular flexibility index (Phi) is 4.45. The van der Waals surface area contributed by atoms with Gasteiger partial charge in [0.25, 0.3) is 0 Å². The Morgan fingerprint density at radius 1 is 1.35 bits per heavy atom. The number of aliphatic hydroxyl groups excluding tert-OH is 1. The smallest absolute Gasteiger partial charge is 0.226 e. The van der Waals surface area contributed by atoms with Crippen LogP contribution in [0.4, 0.5) is 0 Å². The van der Waals surface area contributed by atoms with Crippen molar-refractivity contribution in [1.82, 2.24) is 4.90 Å². The molecule has 0 aromatic rings. The lowest BCUT2D eigenvalue weighted by atomic mass is 9.60. The number of rotatable bonds is 2. The van der Waals surface area contributed by atoms with Gasteiger partial charge in [0.05, 0.1) is 6.10 Å². The van der Waals surface area contributed by atoms with Crippen molar-refractivity contribution in [2.24, 2.45) is 28.9 Å². The van der Waals surface area contributed by atoms with Crippen molar-refractivity contribution < 1.29 is 9.90 Å². The van der Waals surface area contributed by atoms with Crippen molar-refractivity contribution in [3.63, 3.8) is 0 Å². The molecule has 4 heteroatoms. The summed E-state index contributed by atoms with van der Waals surface area (Å²) < 4.78 is 0. The molecular weight excluding hydrogens is 252 g/mol. The van der Waals surface area contributed by atoms with Gasteiger partial charge in [0.1, 0.15) is 0 Å². The summed E-state index contributed by atoms with van der Waals surface area (Å²) in [7, 11) is 0. The summed E-state index contributed by atoms with van der Waals surface area (Å²) in [6.07, 6.45) is 2.44. The number of carbonyl (C=O) groups excluding carboxylic acids is 1. The highest BCUT2D eigenvalue weighted by molar-refractivity contribution is 5.80. The van der Waals surface area contributed by atoms with Crippen LogP contribution in [-0.2, 0) is 4.79 Å². The summed E-state index contributed by atoms with van der Waals surface area (Å²) in [4.78, 5) is 14.8. The van der Waals surface area contributed by atoms with Crippen molar-refractivity contribution in [1.29, 1.82) is 0 Å². The number of nitrogens with two attached hydrogens (primary N) is 1. The molecule has 1 amide bonds. The van der Waals surface area contributed by atoms with Crippen LogP contribution in [0, 0.1) is 23.2 Å². The Morgan fingerprint density at radius 2 is 2.00 bits per heavy atom. The van der Waals surface area contributed by atoms with E-state index in [2.05, 4.69) is 20.8 Å². The quantitative estimate of drug-likeness (QED) is 0.808. The molecule has 1 saturated carbocycles. The molecule has 5 atom stereocenters. The van der Waals surface area contributed by atoms with E-state index in [0.29, 0.717) is 12.5 Å². The number of nitrogens with zero attached hydrogens (tertiary/aromatic N) is 1. The number of aliphatic hydroxyl groups is 1. The third kappa shape index (κ3) is 2.73. The van der Waals surface area contributed by atoms with Crippen LogP contribution in [0.25, 0.3) is 0 Å². The predicted octanol–water partition coefficient (Wildman–Crippen LogP) is 1.62. The summed E-state index contributed by atoms with van der Waals surface area (Å²) in [6.45, 7) is 9.87. The fourth-order valence-electron chi connectivity index (χ4n) is 3.89. The van der Waals surface area contributed by atoms with Gasteiger partial charge in [-0.25, -0.2) is 0 Å². The van der Waals surface area contributed by atoms with Crippen LogP contribution in [0.5, 0.6) is 0 Å². The van der Waals surface area contributed by atoms with Crippen LogP contribution in [0.1, 0.15) is 47.0 Å². The second-order valence-corrected chi connectivity index (χ2v) is 7.48. The lowest BCUT2D eigenvalue weighted by molar-refractivity contribution is -0.142. The van der Waals surface area contributed by atoms with Gasteiger partial charge >= 0.3 is 0 Å². The summed E-state index contributed by atoms with van der Waals surface area (Å²) in [5.41, 5.74) is 6.13. The van der Waals surface area contributed by atoms with Crippen molar-refractivity contribution in [3.05, 3.63) is 0 Å². The van der Waals surface area contributed by atoms with Crippen molar-refractivity contribution >= 4 is 5.91 Å². The van der Waals surface area contributed by atoms with E-state index in [-0.39, 0.29) is 35.3 Å². The fourth-order valence-corrected chi connectivity index (χ4v) is 3.89. The van der Waals surface area contributed by atoms with Crippen molar-refractivity contribution in [3.8, 4) is 0 Å². The van der Waals surface area contributed by atoms with E-state index in [1.54, 1.807) is 0 Å². The van der Waals surface area contributed by atoms with E-state index in [1.807, 2.05) is 11.8 Å². The molecular formula is C16H30N2O2. The third-order valence-electron chi connectivity index (χ3n) is 6.02. The number of carbonyl (C=O) groups is 1. The molecule has 0 aromatic carbocycles. The van der Waals surface area contributed by atoms with Gasteiger partial charge in [-0.05, 0) is 37.5 Å². The lowest BCUT2D eigenvalue weighted by Gasteiger charge is -2.47. The van der Waals surface area contributed by atoms with Crippen LogP contribution in [-0.4, -0.2) is 41.1 Å².